The lowest BCUT2D eigenvalue weighted by Crippen LogP contribution is -2.39. The molecule has 146 valence electrons. The van der Waals surface area contributed by atoms with Crippen LogP contribution >= 0.6 is 0 Å². The number of halogens is 4. The number of hydrogen-bond donors (Lipinski definition) is 1. The second-order valence-corrected chi connectivity index (χ2v) is 7.43. The Hall–Kier alpha value is -1.43. The van der Waals surface area contributed by atoms with Gasteiger partial charge in [-0.3, -0.25) is 4.55 Å². The van der Waals surface area contributed by atoms with Gasteiger partial charge in [-0.25, -0.2) is 9.59 Å². The van der Waals surface area contributed by atoms with Crippen LogP contribution < -0.4 is 0 Å². The minimum atomic E-state index is -5.91. The highest BCUT2D eigenvalue weighted by molar-refractivity contribution is 7.87. The molecule has 0 heterocycles. The van der Waals surface area contributed by atoms with Crippen molar-refractivity contribution in [1.82, 2.24) is 0 Å². The SMILES string of the molecule is CC(F)(F)C(=O)OCC1CCC(COC(=O)C(F)(F)S(=O)(=O)O)CC1. The largest absolute Gasteiger partial charge is 0.465 e. The number of carbonyl (C=O) groups excluding carboxylic acids is 2. The van der Waals surface area contributed by atoms with Crippen molar-refractivity contribution in [2.24, 2.45) is 11.8 Å². The van der Waals surface area contributed by atoms with E-state index >= 15 is 0 Å². The molecule has 0 spiro atoms. The van der Waals surface area contributed by atoms with E-state index in [1.807, 2.05) is 0 Å². The van der Waals surface area contributed by atoms with Gasteiger partial charge in [0.25, 0.3) is 0 Å². The molecular formula is C13H18F4O7S. The van der Waals surface area contributed by atoms with Crippen molar-refractivity contribution in [3.8, 4) is 0 Å². The quantitative estimate of drug-likeness (QED) is 0.400. The number of esters is 2. The van der Waals surface area contributed by atoms with E-state index in [0.717, 1.165) is 0 Å². The maximum absolute atomic E-state index is 13.0. The lowest BCUT2D eigenvalue weighted by Gasteiger charge is -2.28. The molecule has 0 aliphatic heterocycles. The van der Waals surface area contributed by atoms with Gasteiger partial charge < -0.3 is 9.47 Å². The average molecular weight is 394 g/mol. The Kier molecular flexibility index (Phi) is 6.79. The van der Waals surface area contributed by atoms with E-state index < -0.39 is 39.8 Å². The maximum Gasteiger partial charge on any atom is 0.465 e. The van der Waals surface area contributed by atoms with Crippen molar-refractivity contribution < 1.29 is 49.6 Å². The molecule has 1 N–H and O–H groups in total. The third kappa shape index (κ3) is 6.10. The van der Waals surface area contributed by atoms with Crippen LogP contribution in [0.2, 0.25) is 0 Å². The molecule has 7 nitrogen and oxygen atoms in total. The molecule has 0 radical (unpaired) electrons. The lowest BCUT2D eigenvalue weighted by atomic mass is 9.83. The fourth-order valence-corrected chi connectivity index (χ4v) is 2.54. The Labute approximate surface area is 141 Å². The van der Waals surface area contributed by atoms with Crippen LogP contribution in [0.3, 0.4) is 0 Å². The van der Waals surface area contributed by atoms with E-state index in [9.17, 15) is 35.6 Å². The normalized spacial score (nSPS) is 22.3. The van der Waals surface area contributed by atoms with Crippen LogP contribution in [0.25, 0.3) is 0 Å². The Morgan fingerprint density at radius 3 is 1.64 bits per heavy atom. The Bertz CT molecular complexity index is 592. The van der Waals surface area contributed by atoms with Crippen molar-refractivity contribution in [3.63, 3.8) is 0 Å². The van der Waals surface area contributed by atoms with E-state index in [0.29, 0.717) is 32.6 Å². The highest BCUT2D eigenvalue weighted by Gasteiger charge is 2.54. The second-order valence-electron chi connectivity index (χ2n) is 5.96. The summed E-state index contributed by atoms with van der Waals surface area (Å²) in [6.45, 7) is -0.248. The van der Waals surface area contributed by atoms with Crippen LogP contribution in [0, 0.1) is 11.8 Å². The minimum Gasteiger partial charge on any atom is -0.461 e. The summed E-state index contributed by atoms with van der Waals surface area (Å²) in [5, 5.41) is -5.04. The molecule has 0 aromatic carbocycles. The van der Waals surface area contributed by atoms with Crippen molar-refractivity contribution in [2.75, 3.05) is 13.2 Å². The van der Waals surface area contributed by atoms with E-state index in [2.05, 4.69) is 9.47 Å². The van der Waals surface area contributed by atoms with Gasteiger partial charge in [-0.2, -0.15) is 26.0 Å². The zero-order valence-electron chi connectivity index (χ0n) is 13.2. The third-order valence-electron chi connectivity index (χ3n) is 3.79. The molecule has 25 heavy (non-hydrogen) atoms. The molecule has 1 fully saturated rings. The minimum absolute atomic E-state index is 0.183. The molecule has 0 saturated heterocycles. The van der Waals surface area contributed by atoms with Crippen molar-refractivity contribution in [3.05, 3.63) is 0 Å². The van der Waals surface area contributed by atoms with Gasteiger partial charge >= 0.3 is 33.2 Å². The molecule has 0 bridgehead atoms. The molecule has 0 atom stereocenters. The Morgan fingerprint density at radius 2 is 1.32 bits per heavy atom. The fraction of sp³-hybridized carbons (Fsp3) is 0.846. The maximum atomic E-state index is 13.0. The third-order valence-corrected chi connectivity index (χ3v) is 4.60. The summed E-state index contributed by atoms with van der Waals surface area (Å²) in [4.78, 5) is 22.0. The van der Waals surface area contributed by atoms with Crippen molar-refractivity contribution >= 4 is 22.1 Å². The molecule has 12 heteroatoms. The number of ether oxygens (including phenoxy) is 2. The van der Waals surface area contributed by atoms with E-state index in [1.54, 1.807) is 0 Å². The number of rotatable bonds is 7. The van der Waals surface area contributed by atoms with Crippen LogP contribution in [0.5, 0.6) is 0 Å². The average Bonchev–Trinajstić information content (AvgIpc) is 2.49. The summed E-state index contributed by atoms with van der Waals surface area (Å²) < 4.78 is 89.1. The van der Waals surface area contributed by atoms with Crippen LogP contribution in [-0.2, 0) is 29.2 Å². The predicted octanol–water partition coefficient (Wildman–Crippen LogP) is 2.02. The predicted molar refractivity (Wildman–Crippen MR) is 74.5 cm³/mol. The summed E-state index contributed by atoms with van der Waals surface area (Å²) in [7, 11) is -5.91. The van der Waals surface area contributed by atoms with Crippen molar-refractivity contribution in [1.29, 1.82) is 0 Å². The van der Waals surface area contributed by atoms with Crippen molar-refractivity contribution in [2.45, 2.75) is 43.8 Å². The Morgan fingerprint density at radius 1 is 0.960 bits per heavy atom. The topological polar surface area (TPSA) is 107 Å². The van der Waals surface area contributed by atoms with Gasteiger partial charge in [0.2, 0.25) is 0 Å². The van der Waals surface area contributed by atoms with Gasteiger partial charge in [-0.05, 0) is 37.5 Å². The smallest absolute Gasteiger partial charge is 0.461 e. The van der Waals surface area contributed by atoms with Crippen LogP contribution in [0.1, 0.15) is 32.6 Å². The number of alkyl halides is 4. The monoisotopic (exact) mass is 394 g/mol. The summed E-state index contributed by atoms with van der Waals surface area (Å²) in [6, 6.07) is 0. The molecule has 0 amide bonds. The second kappa shape index (κ2) is 7.85. The van der Waals surface area contributed by atoms with Gasteiger partial charge in [-0.15, -0.1) is 0 Å². The van der Waals surface area contributed by atoms with Gasteiger partial charge in [0.05, 0.1) is 13.2 Å². The van der Waals surface area contributed by atoms with E-state index in [-0.39, 0.29) is 18.4 Å². The molecule has 1 rings (SSSR count). The fourth-order valence-electron chi connectivity index (χ4n) is 2.27. The van der Waals surface area contributed by atoms with E-state index in [4.69, 9.17) is 4.55 Å². The highest BCUT2D eigenvalue weighted by Crippen LogP contribution is 2.30. The summed E-state index contributed by atoms with van der Waals surface area (Å²) in [5.74, 6) is -8.09. The van der Waals surface area contributed by atoms with Crippen LogP contribution in [0.4, 0.5) is 17.6 Å². The standard InChI is InChI=1S/C13H18F4O7S/c1-12(14,15)10(18)23-6-8-2-4-9(5-3-8)7-24-11(19)13(16,17)25(20,21)22/h8-9H,2-7H2,1H3,(H,20,21,22). The zero-order chi connectivity index (χ0) is 19.5. The molecule has 1 saturated carbocycles. The van der Waals surface area contributed by atoms with Gasteiger partial charge in [0.15, 0.2) is 0 Å². The molecule has 0 aromatic heterocycles. The first-order chi connectivity index (χ1) is 11.2. The first-order valence-electron chi connectivity index (χ1n) is 7.32. The van der Waals surface area contributed by atoms with Crippen LogP contribution in [-0.4, -0.2) is 49.3 Å². The first kappa shape index (κ1) is 21.6. The number of hydrogen-bond acceptors (Lipinski definition) is 6. The molecule has 0 unspecified atom stereocenters. The molecular weight excluding hydrogens is 376 g/mol. The van der Waals surface area contributed by atoms with Gasteiger partial charge in [0.1, 0.15) is 0 Å². The number of carbonyl (C=O) groups is 2. The summed E-state index contributed by atoms with van der Waals surface area (Å²) >= 11 is 0. The summed E-state index contributed by atoms with van der Waals surface area (Å²) in [5.41, 5.74) is 0. The molecule has 1 aliphatic carbocycles. The zero-order valence-corrected chi connectivity index (χ0v) is 14.0. The Balaban J connectivity index is 2.36. The molecule has 0 aromatic rings. The van der Waals surface area contributed by atoms with Gasteiger partial charge in [-0.1, -0.05) is 0 Å². The summed E-state index contributed by atoms with van der Waals surface area (Å²) in [6.07, 6.45) is 1.63. The van der Waals surface area contributed by atoms with Crippen LogP contribution in [0.15, 0.2) is 0 Å². The first-order valence-corrected chi connectivity index (χ1v) is 8.76. The highest BCUT2D eigenvalue weighted by atomic mass is 32.2. The van der Waals surface area contributed by atoms with Gasteiger partial charge in [0, 0.05) is 6.92 Å². The lowest BCUT2D eigenvalue weighted by molar-refractivity contribution is -0.171. The van der Waals surface area contributed by atoms with E-state index in [1.165, 1.54) is 0 Å². The molecule has 1 aliphatic rings.